The van der Waals surface area contributed by atoms with E-state index in [4.69, 9.17) is 56.9 Å². The summed E-state index contributed by atoms with van der Waals surface area (Å²) in [6.45, 7) is 0. The van der Waals surface area contributed by atoms with Crippen LogP contribution in [0, 0.1) is 42.9 Å². The van der Waals surface area contributed by atoms with Gasteiger partial charge in [-0.05, 0) is 35.4 Å². The van der Waals surface area contributed by atoms with E-state index in [1.165, 1.54) is 24.3 Å². The molecule has 0 saturated heterocycles. The van der Waals surface area contributed by atoms with Gasteiger partial charge in [-0.15, -0.1) is 46.4 Å². The summed E-state index contributed by atoms with van der Waals surface area (Å²) in [7, 11) is 0. The van der Waals surface area contributed by atoms with Crippen LogP contribution < -0.4 is 0 Å². The molecule has 0 aliphatic heterocycles. The van der Waals surface area contributed by atoms with Crippen LogP contribution in [0.1, 0.15) is 54.9 Å². The fraction of sp³-hybridized carbons (Fsp3) is 0.167. The first kappa shape index (κ1) is 27.2. The number of nitro benzene ring substituents is 2. The zero-order valence-electron chi connectivity index (χ0n) is 18.0. The molecule has 0 bridgehead atoms. The third kappa shape index (κ3) is 5.70. The van der Waals surface area contributed by atoms with Crippen LogP contribution in [0.25, 0.3) is 0 Å². The highest BCUT2D eigenvalue weighted by Crippen LogP contribution is 2.46. The first-order valence-electron chi connectivity index (χ1n) is 10.1. The van der Waals surface area contributed by atoms with Gasteiger partial charge in [-0.3, -0.25) is 20.2 Å². The Morgan fingerprint density at radius 3 is 1.36 bits per heavy atom. The molecule has 0 aromatic heterocycles. The highest BCUT2D eigenvalue weighted by atomic mass is 35.5. The normalized spacial score (nSPS) is 14.1. The van der Waals surface area contributed by atoms with Crippen LogP contribution in [-0.4, -0.2) is 9.85 Å². The Kier molecular flexibility index (Phi) is 8.73. The minimum Gasteiger partial charge on any atom is -0.258 e. The molecule has 3 aromatic carbocycles. The lowest BCUT2D eigenvalue weighted by Crippen LogP contribution is -2.07. The van der Waals surface area contributed by atoms with E-state index in [1.54, 1.807) is 24.3 Å². The van der Waals surface area contributed by atoms with Gasteiger partial charge < -0.3 is 0 Å². The number of nitro groups is 2. The highest BCUT2D eigenvalue weighted by Gasteiger charge is 2.31. The number of hydrogen-bond donors (Lipinski definition) is 0. The third-order valence-electron chi connectivity index (χ3n) is 5.37. The number of rotatable bonds is 8. The minimum atomic E-state index is -1.03. The molecule has 0 saturated carbocycles. The molecule has 0 spiro atoms. The van der Waals surface area contributed by atoms with Crippen LogP contribution in [0.2, 0.25) is 0 Å². The van der Waals surface area contributed by atoms with Gasteiger partial charge in [0.15, 0.2) is 0 Å². The maximum atomic E-state index is 11.5. The van der Waals surface area contributed by atoms with Gasteiger partial charge in [0.05, 0.1) is 54.6 Å². The largest absolute Gasteiger partial charge is 0.275 e. The zero-order chi connectivity index (χ0) is 26.6. The van der Waals surface area contributed by atoms with Crippen LogP contribution in [0.15, 0.2) is 60.7 Å². The van der Waals surface area contributed by atoms with E-state index < -0.39 is 31.4 Å². The molecule has 8 nitrogen and oxygen atoms in total. The quantitative estimate of drug-likeness (QED) is 0.156. The van der Waals surface area contributed by atoms with Gasteiger partial charge in [0, 0.05) is 23.3 Å². The van der Waals surface area contributed by atoms with E-state index in [2.05, 4.69) is 0 Å². The molecule has 0 aliphatic carbocycles. The second kappa shape index (κ2) is 11.6. The van der Waals surface area contributed by atoms with Crippen LogP contribution in [0.3, 0.4) is 0 Å². The lowest BCUT2D eigenvalue weighted by molar-refractivity contribution is -0.385. The number of nitrogens with zero attached hydrogens (tertiary/aromatic N) is 4. The van der Waals surface area contributed by atoms with Crippen molar-refractivity contribution in [2.45, 2.75) is 21.5 Å². The fourth-order valence-electron chi connectivity index (χ4n) is 3.56. The second-order valence-corrected chi connectivity index (χ2v) is 9.44. The average Bonchev–Trinajstić information content (AvgIpc) is 2.90. The summed E-state index contributed by atoms with van der Waals surface area (Å²) in [5.74, 6) is 0. The van der Waals surface area contributed by atoms with Crippen LogP contribution in [0.4, 0.5) is 11.4 Å². The predicted octanol–water partition coefficient (Wildman–Crippen LogP) is 7.77. The van der Waals surface area contributed by atoms with Crippen molar-refractivity contribution < 1.29 is 9.85 Å². The Morgan fingerprint density at radius 1 is 0.639 bits per heavy atom. The molecular weight excluding hydrogens is 550 g/mol. The van der Waals surface area contributed by atoms with Crippen molar-refractivity contribution in [1.29, 1.82) is 10.5 Å². The molecule has 4 atom stereocenters. The predicted molar refractivity (Wildman–Crippen MR) is 136 cm³/mol. The Balaban J connectivity index is 1.93. The Bertz CT molecular complexity index is 1320. The maximum Gasteiger partial charge on any atom is 0.275 e. The summed E-state index contributed by atoms with van der Waals surface area (Å²) in [6, 6.07) is 18.1. The van der Waals surface area contributed by atoms with Gasteiger partial charge in [0.25, 0.3) is 11.4 Å². The second-order valence-electron chi connectivity index (χ2n) is 7.56. The van der Waals surface area contributed by atoms with Gasteiger partial charge >= 0.3 is 0 Å². The molecule has 0 radical (unpaired) electrons. The lowest BCUT2D eigenvalue weighted by Gasteiger charge is -2.21. The van der Waals surface area contributed by atoms with E-state index >= 15 is 0 Å². The molecule has 3 aromatic rings. The van der Waals surface area contributed by atoms with E-state index in [1.807, 2.05) is 12.1 Å². The molecule has 0 fully saturated rings. The summed E-state index contributed by atoms with van der Waals surface area (Å²) >= 11 is 26.3. The monoisotopic (exact) mass is 562 g/mol. The van der Waals surface area contributed by atoms with E-state index in [-0.39, 0.29) is 33.6 Å². The Morgan fingerprint density at radius 2 is 1.03 bits per heavy atom. The summed E-state index contributed by atoms with van der Waals surface area (Å²) < 4.78 is 0. The summed E-state index contributed by atoms with van der Waals surface area (Å²) in [4.78, 5) is 21.8. The van der Waals surface area contributed by atoms with Crippen molar-refractivity contribution in [3.63, 3.8) is 0 Å². The van der Waals surface area contributed by atoms with Crippen LogP contribution in [0.5, 0.6) is 0 Å². The molecule has 0 N–H and O–H groups in total. The van der Waals surface area contributed by atoms with Crippen molar-refractivity contribution >= 4 is 57.8 Å². The lowest BCUT2D eigenvalue weighted by atomic mass is 9.96. The van der Waals surface area contributed by atoms with Crippen molar-refractivity contribution in [3.05, 3.63) is 114 Å². The van der Waals surface area contributed by atoms with Crippen molar-refractivity contribution in [2.75, 3.05) is 0 Å². The molecule has 0 amide bonds. The van der Waals surface area contributed by atoms with E-state index in [9.17, 15) is 20.2 Å². The maximum absolute atomic E-state index is 11.5. The smallest absolute Gasteiger partial charge is 0.258 e. The molecule has 182 valence electrons. The molecular formula is C24H14Cl4N4O4. The third-order valence-corrected chi connectivity index (χ3v) is 7.61. The highest BCUT2D eigenvalue weighted by molar-refractivity contribution is 6.31. The molecule has 36 heavy (non-hydrogen) atoms. The number of alkyl halides is 4. The summed E-state index contributed by atoms with van der Waals surface area (Å²) in [5.41, 5.74) is 0.789. The van der Waals surface area contributed by atoms with Crippen molar-refractivity contribution in [3.8, 4) is 12.1 Å². The van der Waals surface area contributed by atoms with Gasteiger partial charge in [0.1, 0.15) is 0 Å². The molecule has 12 heteroatoms. The van der Waals surface area contributed by atoms with Gasteiger partial charge in [-0.2, -0.15) is 10.5 Å². The first-order valence-corrected chi connectivity index (χ1v) is 11.9. The Labute approximate surface area is 225 Å². The van der Waals surface area contributed by atoms with E-state index in [0.29, 0.717) is 11.1 Å². The minimum absolute atomic E-state index is 0.109. The zero-order valence-corrected chi connectivity index (χ0v) is 21.0. The van der Waals surface area contributed by atoms with Gasteiger partial charge in [0.2, 0.25) is 0 Å². The number of halogens is 4. The van der Waals surface area contributed by atoms with Crippen LogP contribution in [-0.2, 0) is 0 Å². The average molecular weight is 564 g/mol. The standard InChI is InChI=1S/C24H14Cl4N4O4/c25-21(23(27)17-6-4-13(11-29)8-19(17)31(33)34)15-2-1-3-16(10-15)22(26)24(28)18-7-5-14(12-30)9-20(18)32(35)36/h1-10,21-24H/t21-,22-,23-,24+/m0/s1. The van der Waals surface area contributed by atoms with Crippen molar-refractivity contribution in [2.24, 2.45) is 0 Å². The first-order chi connectivity index (χ1) is 17.1. The van der Waals surface area contributed by atoms with E-state index in [0.717, 1.165) is 12.1 Å². The topological polar surface area (TPSA) is 134 Å². The van der Waals surface area contributed by atoms with Gasteiger partial charge in [-0.1, -0.05) is 24.3 Å². The molecule has 3 rings (SSSR count). The molecule has 0 unspecified atom stereocenters. The SMILES string of the molecule is N#Cc1ccc([C@@H](Cl)[C@@H](Cl)c2cccc([C@H](Cl)[C@@H](Cl)c3ccc(C#N)cc3[N+](=O)[O-])c2)c([N+](=O)[O-])c1. The summed E-state index contributed by atoms with van der Waals surface area (Å²) in [5, 5.41) is 37.2. The van der Waals surface area contributed by atoms with Gasteiger partial charge in [-0.25, -0.2) is 0 Å². The van der Waals surface area contributed by atoms with Crippen LogP contribution >= 0.6 is 46.4 Å². The Hall–Kier alpha value is -3.40. The molecule has 0 heterocycles. The molecule has 0 aliphatic rings. The summed E-state index contributed by atoms with van der Waals surface area (Å²) in [6.07, 6.45) is 0. The van der Waals surface area contributed by atoms with Crippen molar-refractivity contribution in [1.82, 2.24) is 0 Å². The fourth-order valence-corrected chi connectivity index (χ4v) is 4.77. The number of benzene rings is 3. The number of hydrogen-bond acceptors (Lipinski definition) is 6. The number of nitriles is 2.